The maximum absolute atomic E-state index is 5.29. The fraction of sp³-hybridized carbons (Fsp3) is 0.600. The highest BCUT2D eigenvalue weighted by molar-refractivity contribution is 5.47. The van der Waals surface area contributed by atoms with Gasteiger partial charge in [-0.1, -0.05) is 0 Å². The van der Waals surface area contributed by atoms with E-state index in [0.29, 0.717) is 6.04 Å². The van der Waals surface area contributed by atoms with Gasteiger partial charge in [-0.15, -0.1) is 0 Å². The molecule has 0 radical (unpaired) electrons. The summed E-state index contributed by atoms with van der Waals surface area (Å²) in [7, 11) is 1.85. The minimum absolute atomic E-state index is 0.379. The Morgan fingerprint density at radius 3 is 2.87 bits per heavy atom. The van der Waals surface area contributed by atoms with E-state index in [2.05, 4.69) is 20.6 Å². The third-order valence-electron chi connectivity index (χ3n) is 2.38. The third-order valence-corrected chi connectivity index (χ3v) is 2.38. The molecule has 0 spiro atoms. The summed E-state index contributed by atoms with van der Waals surface area (Å²) in [6.45, 7) is 3.48. The van der Waals surface area contributed by atoms with Gasteiger partial charge in [-0.05, 0) is 13.3 Å². The van der Waals surface area contributed by atoms with Gasteiger partial charge in [-0.2, -0.15) is 0 Å². The monoisotopic (exact) mass is 208 g/mol. The summed E-state index contributed by atoms with van der Waals surface area (Å²) in [5.74, 6) is 2.47. The zero-order chi connectivity index (χ0) is 10.7. The molecule has 1 aliphatic heterocycles. The highest BCUT2D eigenvalue weighted by Gasteiger charge is 2.15. The van der Waals surface area contributed by atoms with Crippen LogP contribution in [-0.4, -0.2) is 36.3 Å². The predicted molar refractivity (Wildman–Crippen MR) is 59.2 cm³/mol. The van der Waals surface area contributed by atoms with Crippen LogP contribution in [0.3, 0.4) is 0 Å². The summed E-state index contributed by atoms with van der Waals surface area (Å²) in [6.07, 6.45) is 1.04. The first-order valence-electron chi connectivity index (χ1n) is 5.15. The largest absolute Gasteiger partial charge is 0.379 e. The van der Waals surface area contributed by atoms with Crippen molar-refractivity contribution in [1.29, 1.82) is 0 Å². The lowest BCUT2D eigenvalue weighted by Crippen LogP contribution is -2.20. The second-order valence-electron chi connectivity index (χ2n) is 3.64. The lowest BCUT2D eigenvalue weighted by Gasteiger charge is -2.12. The van der Waals surface area contributed by atoms with Crippen molar-refractivity contribution in [2.24, 2.45) is 0 Å². The van der Waals surface area contributed by atoms with Crippen LogP contribution in [0, 0.1) is 6.92 Å². The SMILES string of the molecule is CNc1cc(NC2CCOC2)nc(C)n1. The Labute approximate surface area is 89.3 Å². The molecule has 1 aliphatic rings. The molecule has 1 aromatic heterocycles. The van der Waals surface area contributed by atoms with E-state index in [0.717, 1.165) is 37.1 Å². The number of hydrogen-bond donors (Lipinski definition) is 2. The van der Waals surface area contributed by atoms with Crippen molar-refractivity contribution < 1.29 is 4.74 Å². The van der Waals surface area contributed by atoms with Gasteiger partial charge in [0.15, 0.2) is 0 Å². The summed E-state index contributed by atoms with van der Waals surface area (Å²) in [6, 6.07) is 2.29. The molecule has 5 nitrogen and oxygen atoms in total. The van der Waals surface area contributed by atoms with Crippen LogP contribution in [0.25, 0.3) is 0 Å². The number of nitrogens with zero attached hydrogens (tertiary/aromatic N) is 2. The number of aromatic nitrogens is 2. The number of nitrogens with one attached hydrogen (secondary N) is 2. The number of anilines is 2. The molecule has 1 aromatic rings. The first-order valence-corrected chi connectivity index (χ1v) is 5.15. The number of hydrogen-bond acceptors (Lipinski definition) is 5. The van der Waals surface area contributed by atoms with Crippen molar-refractivity contribution in [3.63, 3.8) is 0 Å². The first-order chi connectivity index (χ1) is 7.28. The molecule has 0 amide bonds. The summed E-state index contributed by atoms with van der Waals surface area (Å²) >= 11 is 0. The van der Waals surface area contributed by atoms with Gasteiger partial charge in [0, 0.05) is 19.7 Å². The average Bonchev–Trinajstić information content (AvgIpc) is 2.69. The van der Waals surface area contributed by atoms with Crippen LogP contribution in [0.2, 0.25) is 0 Å². The molecular weight excluding hydrogens is 192 g/mol. The molecule has 2 heterocycles. The Balaban J connectivity index is 2.09. The van der Waals surface area contributed by atoms with Crippen LogP contribution in [0.4, 0.5) is 11.6 Å². The van der Waals surface area contributed by atoms with Gasteiger partial charge in [-0.25, -0.2) is 9.97 Å². The quantitative estimate of drug-likeness (QED) is 0.777. The average molecular weight is 208 g/mol. The molecule has 5 heteroatoms. The van der Waals surface area contributed by atoms with Gasteiger partial charge in [-0.3, -0.25) is 0 Å². The van der Waals surface area contributed by atoms with Gasteiger partial charge in [0.25, 0.3) is 0 Å². The van der Waals surface area contributed by atoms with E-state index in [4.69, 9.17) is 4.74 Å². The van der Waals surface area contributed by atoms with E-state index >= 15 is 0 Å². The normalized spacial score (nSPS) is 20.3. The van der Waals surface area contributed by atoms with Crippen molar-refractivity contribution in [3.8, 4) is 0 Å². The summed E-state index contributed by atoms with van der Waals surface area (Å²) < 4.78 is 5.29. The molecular formula is C10H16N4O. The van der Waals surface area contributed by atoms with Crippen molar-refractivity contribution in [1.82, 2.24) is 9.97 Å². The Morgan fingerprint density at radius 1 is 1.40 bits per heavy atom. The Hall–Kier alpha value is -1.36. The molecule has 0 saturated carbocycles. The number of rotatable bonds is 3. The summed E-state index contributed by atoms with van der Waals surface area (Å²) in [5, 5.41) is 6.35. The second-order valence-corrected chi connectivity index (χ2v) is 3.64. The molecule has 1 fully saturated rings. The van der Waals surface area contributed by atoms with E-state index in [1.165, 1.54) is 0 Å². The van der Waals surface area contributed by atoms with Gasteiger partial charge in [0.2, 0.25) is 0 Å². The molecule has 1 saturated heterocycles. The molecule has 0 aliphatic carbocycles. The maximum Gasteiger partial charge on any atom is 0.132 e. The van der Waals surface area contributed by atoms with E-state index in [-0.39, 0.29) is 0 Å². The number of aryl methyl sites for hydroxylation is 1. The van der Waals surface area contributed by atoms with E-state index in [1.54, 1.807) is 0 Å². The molecule has 2 N–H and O–H groups in total. The fourth-order valence-electron chi connectivity index (χ4n) is 1.63. The first kappa shape index (κ1) is 10.2. The van der Waals surface area contributed by atoms with Crippen LogP contribution < -0.4 is 10.6 Å². The van der Waals surface area contributed by atoms with Crippen molar-refractivity contribution in [2.45, 2.75) is 19.4 Å². The van der Waals surface area contributed by atoms with Crippen LogP contribution in [0.5, 0.6) is 0 Å². The second kappa shape index (κ2) is 4.44. The van der Waals surface area contributed by atoms with Crippen LogP contribution in [0.1, 0.15) is 12.2 Å². The smallest absolute Gasteiger partial charge is 0.132 e. The Bertz CT molecular complexity index is 336. The molecule has 0 bridgehead atoms. The lowest BCUT2D eigenvalue weighted by atomic mass is 10.2. The minimum atomic E-state index is 0.379. The fourth-order valence-corrected chi connectivity index (χ4v) is 1.63. The Kier molecular flexibility index (Phi) is 3.01. The molecule has 1 unspecified atom stereocenters. The van der Waals surface area contributed by atoms with Gasteiger partial charge in [0.05, 0.1) is 12.6 Å². The number of ether oxygens (including phenoxy) is 1. The molecule has 1 atom stereocenters. The van der Waals surface area contributed by atoms with E-state index in [1.807, 2.05) is 20.0 Å². The highest BCUT2D eigenvalue weighted by atomic mass is 16.5. The zero-order valence-electron chi connectivity index (χ0n) is 9.08. The van der Waals surface area contributed by atoms with E-state index < -0.39 is 0 Å². The highest BCUT2D eigenvalue weighted by Crippen LogP contribution is 2.14. The van der Waals surface area contributed by atoms with Crippen molar-refractivity contribution in [3.05, 3.63) is 11.9 Å². The summed E-state index contributed by atoms with van der Waals surface area (Å²) in [4.78, 5) is 8.56. The topological polar surface area (TPSA) is 59.1 Å². The van der Waals surface area contributed by atoms with E-state index in [9.17, 15) is 0 Å². The summed E-state index contributed by atoms with van der Waals surface area (Å²) in [5.41, 5.74) is 0. The maximum atomic E-state index is 5.29. The third kappa shape index (κ3) is 2.56. The van der Waals surface area contributed by atoms with Crippen LogP contribution in [0.15, 0.2) is 6.07 Å². The minimum Gasteiger partial charge on any atom is -0.379 e. The predicted octanol–water partition coefficient (Wildman–Crippen LogP) is 1.03. The van der Waals surface area contributed by atoms with Crippen molar-refractivity contribution >= 4 is 11.6 Å². The lowest BCUT2D eigenvalue weighted by molar-refractivity contribution is 0.195. The standard InChI is InChI=1S/C10H16N4O/c1-7-12-9(11-2)5-10(13-7)14-8-3-4-15-6-8/h5,8H,3-4,6H2,1-2H3,(H2,11,12,13,14). The Morgan fingerprint density at radius 2 is 2.20 bits per heavy atom. The molecule has 0 aromatic carbocycles. The van der Waals surface area contributed by atoms with Gasteiger partial charge < -0.3 is 15.4 Å². The molecule has 15 heavy (non-hydrogen) atoms. The molecule has 2 rings (SSSR count). The molecule has 82 valence electrons. The van der Waals surface area contributed by atoms with Crippen LogP contribution in [-0.2, 0) is 4.74 Å². The van der Waals surface area contributed by atoms with Crippen LogP contribution >= 0.6 is 0 Å². The van der Waals surface area contributed by atoms with Crippen molar-refractivity contribution in [2.75, 3.05) is 30.9 Å². The van der Waals surface area contributed by atoms with Gasteiger partial charge in [0.1, 0.15) is 17.5 Å². The zero-order valence-corrected chi connectivity index (χ0v) is 9.08. The van der Waals surface area contributed by atoms with Gasteiger partial charge >= 0.3 is 0 Å².